The largest absolute Gasteiger partial charge is 0.573 e. The number of nitrogens with zero attached hydrogens (tertiary/aromatic N) is 1. The average Bonchev–Trinajstić information content (AvgIpc) is 2.24. The van der Waals surface area contributed by atoms with Crippen molar-refractivity contribution in [3.63, 3.8) is 0 Å². The van der Waals surface area contributed by atoms with Crippen LogP contribution in [0.3, 0.4) is 0 Å². The Hall–Kier alpha value is -1.15. The summed E-state index contributed by atoms with van der Waals surface area (Å²) in [6.07, 6.45) is -8.63. The molecule has 0 spiro atoms. The number of alkyl halides is 6. The maximum Gasteiger partial charge on any atom is 0.573 e. The van der Waals surface area contributed by atoms with Crippen molar-refractivity contribution in [2.75, 3.05) is 0 Å². The van der Waals surface area contributed by atoms with Crippen LogP contribution >= 0.6 is 23.2 Å². The van der Waals surface area contributed by atoms with E-state index in [-0.39, 0.29) is 5.69 Å². The van der Waals surface area contributed by atoms with E-state index in [4.69, 9.17) is 23.2 Å². The van der Waals surface area contributed by atoms with Crippen LogP contribution in [0.25, 0.3) is 0 Å². The zero-order valence-corrected chi connectivity index (χ0v) is 10.3. The van der Waals surface area contributed by atoms with Crippen LogP contribution in [-0.4, -0.2) is 16.6 Å². The number of hydrogen-bond acceptors (Lipinski definition) is 3. The van der Waals surface area contributed by atoms with Crippen LogP contribution < -0.4 is 4.74 Å². The van der Waals surface area contributed by atoms with E-state index < -0.39 is 40.9 Å². The highest BCUT2D eigenvalue weighted by Gasteiger charge is 2.35. The Morgan fingerprint density at radius 2 is 2.00 bits per heavy atom. The molecule has 10 heteroatoms. The van der Waals surface area contributed by atoms with Crippen molar-refractivity contribution in [2.45, 2.75) is 18.7 Å². The van der Waals surface area contributed by atoms with Crippen LogP contribution in [-0.2, 0) is 5.88 Å². The molecule has 0 aliphatic carbocycles. The molecule has 19 heavy (non-hydrogen) atoms. The van der Waals surface area contributed by atoms with Crippen LogP contribution in [0.5, 0.6) is 5.75 Å². The van der Waals surface area contributed by atoms with Crippen molar-refractivity contribution in [2.24, 2.45) is 0 Å². The molecule has 0 radical (unpaired) electrons. The Balaban J connectivity index is 3.48. The Bertz CT molecular complexity index is 492. The Kier molecular flexibility index (Phi) is 4.92. The predicted octanol–water partition coefficient (Wildman–Crippen LogP) is 4.04. The van der Waals surface area contributed by atoms with E-state index in [1.165, 1.54) is 0 Å². The maximum atomic E-state index is 12.7. The summed E-state index contributed by atoms with van der Waals surface area (Å²) < 4.78 is 65.2. The smallest absolute Gasteiger partial charge is 0.405 e. The maximum absolute atomic E-state index is 12.7. The molecule has 0 bridgehead atoms. The van der Waals surface area contributed by atoms with Gasteiger partial charge in [-0.05, 0) is 11.6 Å². The lowest BCUT2D eigenvalue weighted by atomic mass is 10.1. The molecule has 1 aromatic heterocycles. The second-order valence-corrected chi connectivity index (χ2v) is 3.74. The highest BCUT2D eigenvalue weighted by molar-refractivity contribution is 6.67. The van der Waals surface area contributed by atoms with E-state index >= 15 is 0 Å². The van der Waals surface area contributed by atoms with Gasteiger partial charge in [-0.2, -0.15) is 0 Å². The van der Waals surface area contributed by atoms with Crippen molar-refractivity contribution in [3.8, 4) is 5.75 Å². The second kappa shape index (κ2) is 5.87. The third-order valence-electron chi connectivity index (χ3n) is 1.84. The highest BCUT2D eigenvalue weighted by Crippen LogP contribution is 2.36. The minimum atomic E-state index is -5.21. The molecule has 1 rings (SSSR count). The Labute approximate surface area is 113 Å². The van der Waals surface area contributed by atoms with Crippen molar-refractivity contribution in [1.29, 1.82) is 0 Å². The van der Waals surface area contributed by atoms with Gasteiger partial charge < -0.3 is 4.74 Å². The van der Waals surface area contributed by atoms with Gasteiger partial charge in [0.1, 0.15) is 11.4 Å². The third kappa shape index (κ3) is 4.17. The van der Waals surface area contributed by atoms with E-state index in [9.17, 15) is 26.7 Å². The fourth-order valence-electron chi connectivity index (χ4n) is 1.22. The molecule has 106 valence electrons. The van der Waals surface area contributed by atoms with Crippen LogP contribution in [0.15, 0.2) is 6.07 Å². The van der Waals surface area contributed by atoms with Gasteiger partial charge in [0.15, 0.2) is 0 Å². The molecule has 0 aromatic carbocycles. The van der Waals surface area contributed by atoms with Gasteiger partial charge >= 0.3 is 6.36 Å². The first-order chi connectivity index (χ1) is 8.65. The lowest BCUT2D eigenvalue weighted by molar-refractivity contribution is -0.275. The summed E-state index contributed by atoms with van der Waals surface area (Å²) in [6, 6.07) is 0.575. The topological polar surface area (TPSA) is 39.2 Å². The lowest BCUT2D eigenvalue weighted by Crippen LogP contribution is -2.20. The third-order valence-corrected chi connectivity index (χ3v) is 2.29. The summed E-state index contributed by atoms with van der Waals surface area (Å²) >= 11 is 10.3. The number of carbonyl (C=O) groups excluding carboxylic acids is 1. The molecule has 0 saturated carbocycles. The van der Waals surface area contributed by atoms with Gasteiger partial charge in [0.2, 0.25) is 0 Å². The summed E-state index contributed by atoms with van der Waals surface area (Å²) in [7, 11) is 0. The van der Waals surface area contributed by atoms with Crippen molar-refractivity contribution >= 4 is 28.4 Å². The lowest BCUT2D eigenvalue weighted by Gasteiger charge is -2.15. The van der Waals surface area contributed by atoms with Gasteiger partial charge in [-0.25, -0.2) is 13.8 Å². The molecular weight excluding hydrogens is 320 g/mol. The molecule has 1 aromatic rings. The van der Waals surface area contributed by atoms with Gasteiger partial charge in [-0.15, -0.1) is 24.8 Å². The monoisotopic (exact) mass is 323 g/mol. The quantitative estimate of drug-likeness (QED) is 0.477. The minimum absolute atomic E-state index is 0.255. The van der Waals surface area contributed by atoms with Crippen molar-refractivity contribution in [1.82, 2.24) is 4.98 Å². The SMILES string of the molecule is O=C(Cl)c1nc(CCl)cc(OC(F)(F)F)c1C(F)F. The van der Waals surface area contributed by atoms with Gasteiger partial charge in [0.25, 0.3) is 11.7 Å². The highest BCUT2D eigenvalue weighted by atomic mass is 35.5. The molecule has 0 atom stereocenters. The van der Waals surface area contributed by atoms with E-state index in [0.717, 1.165) is 0 Å². The predicted molar refractivity (Wildman–Crippen MR) is 55.6 cm³/mol. The van der Waals surface area contributed by atoms with E-state index in [1.807, 2.05) is 0 Å². The number of aromatic nitrogens is 1. The number of rotatable bonds is 4. The second-order valence-electron chi connectivity index (χ2n) is 3.13. The summed E-state index contributed by atoms with van der Waals surface area (Å²) in [6.45, 7) is 0. The van der Waals surface area contributed by atoms with E-state index in [2.05, 4.69) is 9.72 Å². The molecule has 0 aliphatic heterocycles. The summed E-state index contributed by atoms with van der Waals surface area (Å²) in [5.41, 5.74) is -2.60. The average molecular weight is 324 g/mol. The first-order valence-electron chi connectivity index (χ1n) is 4.49. The minimum Gasteiger partial charge on any atom is -0.405 e. The first kappa shape index (κ1) is 15.9. The zero-order chi connectivity index (χ0) is 14.8. The molecule has 0 aliphatic rings. The number of carbonyl (C=O) groups is 1. The Morgan fingerprint density at radius 1 is 1.42 bits per heavy atom. The fourth-order valence-corrected chi connectivity index (χ4v) is 1.50. The van der Waals surface area contributed by atoms with Crippen LogP contribution in [0, 0.1) is 0 Å². The van der Waals surface area contributed by atoms with Crippen LogP contribution in [0.2, 0.25) is 0 Å². The molecule has 0 fully saturated rings. The van der Waals surface area contributed by atoms with Crippen LogP contribution in [0.4, 0.5) is 22.0 Å². The summed E-state index contributed by atoms with van der Waals surface area (Å²) in [4.78, 5) is 14.3. The van der Waals surface area contributed by atoms with Gasteiger partial charge in [0.05, 0.1) is 17.1 Å². The standard InChI is InChI=1S/C9H4Cl2F5NO2/c10-2-3-1-4(19-9(14,15)16)5(8(12)13)6(17-3)7(11)18/h1,8H,2H2. The first-order valence-corrected chi connectivity index (χ1v) is 5.40. The number of ether oxygens (including phenoxy) is 1. The number of halogens is 7. The van der Waals surface area contributed by atoms with E-state index in [0.29, 0.717) is 6.07 Å². The molecule has 0 saturated heterocycles. The molecule has 0 unspecified atom stereocenters. The van der Waals surface area contributed by atoms with Crippen LogP contribution in [0.1, 0.15) is 28.2 Å². The Morgan fingerprint density at radius 3 is 2.37 bits per heavy atom. The van der Waals surface area contributed by atoms with Gasteiger partial charge in [0, 0.05) is 6.07 Å². The summed E-state index contributed by atoms with van der Waals surface area (Å²) in [5, 5.41) is -1.44. The molecular formula is C9H4Cl2F5NO2. The van der Waals surface area contributed by atoms with Crippen molar-refractivity contribution < 1.29 is 31.5 Å². The molecule has 0 N–H and O–H groups in total. The molecule has 0 amide bonds. The van der Waals surface area contributed by atoms with Gasteiger partial charge in [-0.1, -0.05) is 0 Å². The van der Waals surface area contributed by atoms with Gasteiger partial charge in [-0.3, -0.25) is 4.79 Å². The van der Waals surface area contributed by atoms with E-state index in [1.54, 1.807) is 0 Å². The number of pyridine rings is 1. The van der Waals surface area contributed by atoms with Crippen molar-refractivity contribution in [3.05, 3.63) is 23.0 Å². The normalized spacial score (nSPS) is 11.8. The number of hydrogen-bond donors (Lipinski definition) is 0. The summed E-state index contributed by atoms with van der Waals surface area (Å²) in [5.74, 6) is -1.66. The molecule has 3 nitrogen and oxygen atoms in total. The fraction of sp³-hybridized carbons (Fsp3) is 0.333. The zero-order valence-electron chi connectivity index (χ0n) is 8.77. The molecule has 1 heterocycles.